The Bertz CT molecular complexity index is 1140. The van der Waals surface area contributed by atoms with Crippen molar-refractivity contribution < 1.29 is 17.9 Å². The lowest BCUT2D eigenvalue weighted by molar-refractivity contribution is -0.120. The van der Waals surface area contributed by atoms with E-state index < -0.39 is 10.0 Å². The van der Waals surface area contributed by atoms with E-state index in [0.29, 0.717) is 36.8 Å². The summed E-state index contributed by atoms with van der Waals surface area (Å²) in [5.74, 6) is 1.23. The number of piperidine rings is 1. The van der Waals surface area contributed by atoms with Crippen molar-refractivity contribution in [2.24, 2.45) is 5.92 Å². The van der Waals surface area contributed by atoms with Crippen LogP contribution in [0.3, 0.4) is 0 Å². The Kier molecular flexibility index (Phi) is 6.03. The van der Waals surface area contributed by atoms with E-state index in [-0.39, 0.29) is 17.6 Å². The molecule has 0 radical (unpaired) electrons. The second kappa shape index (κ2) is 8.71. The molecule has 9 heteroatoms. The molecule has 4 rings (SSSR count). The zero-order chi connectivity index (χ0) is 21.1. The normalized spacial score (nSPS) is 15.9. The number of benzene rings is 2. The van der Waals surface area contributed by atoms with Crippen LogP contribution in [0, 0.1) is 5.92 Å². The van der Waals surface area contributed by atoms with Crippen LogP contribution in [0.4, 0.5) is 5.13 Å². The Labute approximate surface area is 179 Å². The van der Waals surface area contributed by atoms with Crippen LogP contribution in [0.2, 0.25) is 0 Å². The van der Waals surface area contributed by atoms with Gasteiger partial charge in [0.2, 0.25) is 15.9 Å². The fourth-order valence-corrected chi connectivity index (χ4v) is 5.46. The first-order valence-corrected chi connectivity index (χ1v) is 12.3. The monoisotopic (exact) mass is 445 g/mol. The molecule has 158 valence electrons. The van der Waals surface area contributed by atoms with Crippen molar-refractivity contribution in [1.29, 1.82) is 0 Å². The molecule has 1 aromatic heterocycles. The smallest absolute Gasteiger partial charge is 0.229 e. The van der Waals surface area contributed by atoms with E-state index in [2.05, 4.69) is 10.3 Å². The van der Waals surface area contributed by atoms with E-state index in [1.807, 2.05) is 48.5 Å². The number of aromatic nitrogens is 1. The molecule has 1 aliphatic heterocycles. The second-order valence-corrected chi connectivity index (χ2v) is 10.4. The van der Waals surface area contributed by atoms with E-state index in [1.165, 1.54) is 15.6 Å². The summed E-state index contributed by atoms with van der Waals surface area (Å²) in [6.07, 6.45) is 1.04. The van der Waals surface area contributed by atoms with E-state index in [9.17, 15) is 13.2 Å². The molecule has 0 aliphatic carbocycles. The third kappa shape index (κ3) is 4.63. The van der Waals surface area contributed by atoms with Gasteiger partial charge in [0.1, 0.15) is 11.5 Å². The van der Waals surface area contributed by atoms with Gasteiger partial charge in [0, 0.05) is 25.1 Å². The van der Waals surface area contributed by atoms with Crippen molar-refractivity contribution in [3.8, 4) is 11.5 Å². The van der Waals surface area contributed by atoms with Gasteiger partial charge in [-0.15, -0.1) is 0 Å². The van der Waals surface area contributed by atoms with Crippen molar-refractivity contribution in [3.05, 3.63) is 48.5 Å². The highest BCUT2D eigenvalue weighted by molar-refractivity contribution is 7.89. The molecular formula is C21H23N3O4S2. The third-order valence-electron chi connectivity index (χ3n) is 5.15. The molecule has 1 fully saturated rings. The number of ether oxygens (including phenoxy) is 1. The van der Waals surface area contributed by atoms with Crippen LogP contribution < -0.4 is 10.1 Å². The number of nitrogens with one attached hydrogen (secondary N) is 1. The lowest BCUT2D eigenvalue weighted by atomic mass is 9.97. The number of fused-ring (bicyclic) bond motifs is 1. The molecule has 7 nitrogen and oxygen atoms in total. The van der Waals surface area contributed by atoms with Gasteiger partial charge in [-0.2, -0.15) is 0 Å². The van der Waals surface area contributed by atoms with Crippen LogP contribution in [0.1, 0.15) is 19.8 Å². The topological polar surface area (TPSA) is 88.6 Å². The molecule has 0 spiro atoms. The Morgan fingerprint density at radius 1 is 1.17 bits per heavy atom. The number of hydrogen-bond acceptors (Lipinski definition) is 6. The van der Waals surface area contributed by atoms with Crippen LogP contribution in [0.25, 0.3) is 10.2 Å². The summed E-state index contributed by atoms with van der Waals surface area (Å²) in [5, 5.41) is 3.43. The number of rotatable bonds is 6. The van der Waals surface area contributed by atoms with Crippen molar-refractivity contribution in [1.82, 2.24) is 9.29 Å². The maximum atomic E-state index is 12.6. The molecule has 2 aromatic carbocycles. The van der Waals surface area contributed by atoms with Crippen molar-refractivity contribution >= 4 is 42.6 Å². The van der Waals surface area contributed by atoms with E-state index in [4.69, 9.17) is 4.74 Å². The molecule has 30 heavy (non-hydrogen) atoms. The summed E-state index contributed by atoms with van der Waals surface area (Å²) in [4.78, 5) is 17.1. The van der Waals surface area contributed by atoms with Crippen molar-refractivity contribution in [2.45, 2.75) is 19.8 Å². The molecule has 0 saturated carbocycles. The lowest BCUT2D eigenvalue weighted by Crippen LogP contribution is -2.42. The number of amides is 1. The number of para-hydroxylation sites is 1. The fraction of sp³-hybridized carbons (Fsp3) is 0.333. The summed E-state index contributed by atoms with van der Waals surface area (Å²) in [6, 6.07) is 15.2. The number of carbonyl (C=O) groups is 1. The molecule has 0 atom stereocenters. The molecule has 1 N–H and O–H groups in total. The van der Waals surface area contributed by atoms with E-state index >= 15 is 0 Å². The van der Waals surface area contributed by atoms with Gasteiger partial charge in [-0.25, -0.2) is 17.7 Å². The summed E-state index contributed by atoms with van der Waals surface area (Å²) < 4.78 is 32.2. The lowest BCUT2D eigenvalue weighted by Gasteiger charge is -2.30. The van der Waals surface area contributed by atoms with Gasteiger partial charge >= 0.3 is 0 Å². The van der Waals surface area contributed by atoms with Crippen LogP contribution in [0.5, 0.6) is 11.5 Å². The number of thiazole rings is 1. The number of nitrogens with zero attached hydrogens (tertiary/aromatic N) is 2. The predicted molar refractivity (Wildman–Crippen MR) is 119 cm³/mol. The van der Waals surface area contributed by atoms with Gasteiger partial charge in [0.05, 0.1) is 16.0 Å². The molecule has 2 heterocycles. The Morgan fingerprint density at radius 2 is 1.90 bits per heavy atom. The largest absolute Gasteiger partial charge is 0.457 e. The molecular weight excluding hydrogens is 422 g/mol. The molecule has 1 amide bonds. The van der Waals surface area contributed by atoms with Gasteiger partial charge in [0.15, 0.2) is 5.13 Å². The minimum absolute atomic E-state index is 0.0888. The summed E-state index contributed by atoms with van der Waals surface area (Å²) >= 11 is 1.39. The van der Waals surface area contributed by atoms with Crippen LogP contribution in [-0.4, -0.2) is 42.5 Å². The first kappa shape index (κ1) is 20.8. The molecule has 1 aliphatic rings. The fourth-order valence-electron chi connectivity index (χ4n) is 3.43. The molecule has 0 unspecified atom stereocenters. The summed E-state index contributed by atoms with van der Waals surface area (Å²) in [5.41, 5.74) is 0.791. The Morgan fingerprint density at radius 3 is 2.60 bits per heavy atom. The zero-order valence-corrected chi connectivity index (χ0v) is 18.2. The van der Waals surface area contributed by atoms with Gasteiger partial charge in [-0.1, -0.05) is 29.5 Å². The second-order valence-electron chi connectivity index (χ2n) is 7.13. The highest BCUT2D eigenvalue weighted by Crippen LogP contribution is 2.32. The number of hydrogen-bond donors (Lipinski definition) is 1. The average Bonchev–Trinajstić information content (AvgIpc) is 3.16. The first-order chi connectivity index (χ1) is 14.4. The SMILES string of the molecule is CCS(=O)(=O)N1CCC(C(=O)Nc2nc3ccc(Oc4ccccc4)cc3s2)CC1. The number of carbonyl (C=O) groups excluding carboxylic acids is 1. The number of sulfonamides is 1. The summed E-state index contributed by atoms with van der Waals surface area (Å²) in [6.45, 7) is 2.40. The van der Waals surface area contributed by atoms with Crippen LogP contribution in [-0.2, 0) is 14.8 Å². The Hall–Kier alpha value is -2.49. The highest BCUT2D eigenvalue weighted by Gasteiger charge is 2.30. The number of anilines is 1. The maximum Gasteiger partial charge on any atom is 0.229 e. The molecule has 3 aromatic rings. The van der Waals surface area contributed by atoms with Crippen LogP contribution in [0.15, 0.2) is 48.5 Å². The van der Waals surface area contributed by atoms with E-state index in [0.717, 1.165) is 16.0 Å². The van der Waals surface area contributed by atoms with E-state index in [1.54, 1.807) is 6.92 Å². The predicted octanol–water partition coefficient (Wildman–Crippen LogP) is 4.09. The van der Waals surface area contributed by atoms with Gasteiger partial charge < -0.3 is 10.1 Å². The molecule has 1 saturated heterocycles. The quantitative estimate of drug-likeness (QED) is 0.617. The Balaban J connectivity index is 1.40. The zero-order valence-electron chi connectivity index (χ0n) is 16.6. The highest BCUT2D eigenvalue weighted by atomic mass is 32.2. The van der Waals surface area contributed by atoms with Crippen molar-refractivity contribution in [3.63, 3.8) is 0 Å². The van der Waals surface area contributed by atoms with Crippen molar-refractivity contribution in [2.75, 3.05) is 24.2 Å². The minimum Gasteiger partial charge on any atom is -0.457 e. The van der Waals surface area contributed by atoms with Gasteiger partial charge in [-0.05, 0) is 44.0 Å². The summed E-state index contributed by atoms with van der Waals surface area (Å²) in [7, 11) is -3.19. The average molecular weight is 446 g/mol. The van der Waals surface area contributed by atoms with Crippen LogP contribution >= 0.6 is 11.3 Å². The minimum atomic E-state index is -3.19. The standard InChI is InChI=1S/C21H23N3O4S2/c1-2-30(26,27)24-12-10-15(11-13-24)20(25)23-21-22-18-9-8-17(14-19(18)29-21)28-16-6-4-3-5-7-16/h3-9,14-15H,2,10-13H2,1H3,(H,22,23,25). The van der Waals surface area contributed by atoms with Gasteiger partial charge in [0.25, 0.3) is 0 Å². The van der Waals surface area contributed by atoms with Gasteiger partial charge in [-0.3, -0.25) is 4.79 Å². The third-order valence-corrected chi connectivity index (χ3v) is 7.97. The maximum absolute atomic E-state index is 12.6. The molecule has 0 bridgehead atoms. The first-order valence-electron chi connectivity index (χ1n) is 9.87.